The second kappa shape index (κ2) is 8.15. The molecule has 1 amide bonds. The van der Waals surface area contributed by atoms with Crippen LogP contribution in [0.1, 0.15) is 23.6 Å². The molecule has 0 aliphatic heterocycles. The van der Waals surface area contributed by atoms with Crippen molar-refractivity contribution >= 4 is 28.7 Å². The Kier molecular flexibility index (Phi) is 5.47. The Labute approximate surface area is 157 Å². The molecule has 0 fully saturated rings. The molecule has 3 aromatic carbocycles. The minimum Gasteiger partial charge on any atom is -0.474 e. The van der Waals surface area contributed by atoms with E-state index in [0.29, 0.717) is 5.69 Å². The molecule has 0 heterocycles. The van der Waals surface area contributed by atoms with Gasteiger partial charge in [0.25, 0.3) is 0 Å². The number of aliphatic carboxylic acids is 1. The van der Waals surface area contributed by atoms with Gasteiger partial charge in [0.2, 0.25) is 0 Å². The number of hydrogen-bond acceptors (Lipinski definition) is 2. The molecule has 27 heavy (non-hydrogen) atoms. The van der Waals surface area contributed by atoms with Crippen LogP contribution in [0.4, 0.5) is 5.69 Å². The normalized spacial score (nSPS) is 11.4. The summed E-state index contributed by atoms with van der Waals surface area (Å²) in [5.74, 6) is -2.56. The van der Waals surface area contributed by atoms with Crippen LogP contribution in [0, 0.1) is 0 Å². The highest BCUT2D eigenvalue weighted by molar-refractivity contribution is 6.36. The molecule has 134 valence electrons. The van der Waals surface area contributed by atoms with Crippen LogP contribution in [0.2, 0.25) is 0 Å². The molecule has 3 aromatic rings. The van der Waals surface area contributed by atoms with E-state index in [2.05, 4.69) is 36.5 Å². The summed E-state index contributed by atoms with van der Waals surface area (Å²) < 4.78 is 0. The van der Waals surface area contributed by atoms with Crippen LogP contribution in [0.25, 0.3) is 11.1 Å². The Morgan fingerprint density at radius 1 is 0.704 bits per heavy atom. The fourth-order valence-electron chi connectivity index (χ4n) is 2.94. The van der Waals surface area contributed by atoms with Gasteiger partial charge in [-0.25, -0.2) is 4.79 Å². The van der Waals surface area contributed by atoms with Gasteiger partial charge in [-0.3, -0.25) is 4.79 Å². The van der Waals surface area contributed by atoms with E-state index in [9.17, 15) is 9.59 Å². The summed E-state index contributed by atoms with van der Waals surface area (Å²) in [4.78, 5) is 22.0. The number of carboxylic acids is 1. The molecular formula is C23H19NO3. The van der Waals surface area contributed by atoms with Crippen LogP contribution < -0.4 is 5.32 Å². The minimum absolute atomic E-state index is 0.441. The number of rotatable bonds is 4. The van der Waals surface area contributed by atoms with Crippen molar-refractivity contribution in [2.24, 2.45) is 0 Å². The molecular weight excluding hydrogens is 338 g/mol. The highest BCUT2D eigenvalue weighted by Crippen LogP contribution is 2.32. The standard InChI is InChI=1S/C23H19NO3/c1-16(17-8-4-2-5-9-17)21(18-10-6-3-7-11-18)19-12-14-20(15-13-19)24-22(25)23(26)27/h2-15H,1H3,(H,24,25)(H,26,27)/b21-16-. The smallest absolute Gasteiger partial charge is 0.394 e. The van der Waals surface area contributed by atoms with Crippen LogP contribution in [-0.4, -0.2) is 17.0 Å². The van der Waals surface area contributed by atoms with Crippen molar-refractivity contribution in [1.29, 1.82) is 0 Å². The van der Waals surface area contributed by atoms with E-state index in [1.807, 2.05) is 48.5 Å². The predicted octanol–water partition coefficient (Wildman–Crippen LogP) is 4.69. The Morgan fingerprint density at radius 2 is 1.19 bits per heavy atom. The van der Waals surface area contributed by atoms with Crippen molar-refractivity contribution < 1.29 is 14.7 Å². The van der Waals surface area contributed by atoms with Gasteiger partial charge in [0, 0.05) is 5.69 Å². The van der Waals surface area contributed by atoms with Gasteiger partial charge in [0.1, 0.15) is 0 Å². The highest BCUT2D eigenvalue weighted by Gasteiger charge is 2.13. The second-order valence-electron chi connectivity index (χ2n) is 6.07. The topological polar surface area (TPSA) is 66.4 Å². The van der Waals surface area contributed by atoms with E-state index in [-0.39, 0.29) is 0 Å². The van der Waals surface area contributed by atoms with E-state index in [1.165, 1.54) is 0 Å². The van der Waals surface area contributed by atoms with Gasteiger partial charge in [-0.05, 0) is 46.9 Å². The maximum Gasteiger partial charge on any atom is 0.394 e. The average molecular weight is 357 g/mol. The zero-order valence-electron chi connectivity index (χ0n) is 14.8. The van der Waals surface area contributed by atoms with Crippen molar-refractivity contribution in [1.82, 2.24) is 0 Å². The van der Waals surface area contributed by atoms with Crippen LogP contribution in [-0.2, 0) is 9.59 Å². The third-order valence-corrected chi connectivity index (χ3v) is 4.27. The molecule has 0 unspecified atom stereocenters. The summed E-state index contributed by atoms with van der Waals surface area (Å²) in [5, 5.41) is 11.1. The number of carbonyl (C=O) groups excluding carboxylic acids is 1. The first-order valence-electron chi connectivity index (χ1n) is 8.52. The van der Waals surface area contributed by atoms with Gasteiger partial charge in [-0.2, -0.15) is 0 Å². The molecule has 0 atom stereocenters. The van der Waals surface area contributed by atoms with Crippen molar-refractivity contribution in [3.63, 3.8) is 0 Å². The molecule has 0 saturated heterocycles. The average Bonchev–Trinajstić information content (AvgIpc) is 2.71. The first-order valence-corrected chi connectivity index (χ1v) is 8.52. The van der Waals surface area contributed by atoms with Crippen LogP contribution in [0.5, 0.6) is 0 Å². The van der Waals surface area contributed by atoms with Gasteiger partial charge in [-0.1, -0.05) is 72.8 Å². The van der Waals surface area contributed by atoms with Crippen molar-refractivity contribution in [3.05, 3.63) is 102 Å². The molecule has 0 bridgehead atoms. The third-order valence-electron chi connectivity index (χ3n) is 4.27. The van der Waals surface area contributed by atoms with Crippen molar-refractivity contribution in [2.45, 2.75) is 6.92 Å². The number of nitrogens with one attached hydrogen (secondary N) is 1. The molecule has 0 aliphatic carbocycles. The van der Waals surface area contributed by atoms with Gasteiger partial charge in [-0.15, -0.1) is 0 Å². The van der Waals surface area contributed by atoms with Gasteiger partial charge < -0.3 is 10.4 Å². The quantitative estimate of drug-likeness (QED) is 0.526. The predicted molar refractivity (Wildman–Crippen MR) is 107 cm³/mol. The summed E-state index contributed by atoms with van der Waals surface area (Å²) in [6.07, 6.45) is 0. The Hall–Kier alpha value is -3.66. The SMILES string of the molecule is C/C(=C(\c1ccccc1)c1ccc(NC(=O)C(=O)O)cc1)c1ccccc1. The lowest BCUT2D eigenvalue weighted by molar-refractivity contribution is -0.147. The van der Waals surface area contributed by atoms with Crippen LogP contribution in [0.15, 0.2) is 84.9 Å². The van der Waals surface area contributed by atoms with Gasteiger partial charge >= 0.3 is 11.9 Å². The fraction of sp³-hybridized carbons (Fsp3) is 0.0435. The second-order valence-corrected chi connectivity index (χ2v) is 6.07. The molecule has 4 heteroatoms. The molecule has 0 radical (unpaired) electrons. The van der Waals surface area contributed by atoms with E-state index >= 15 is 0 Å². The summed E-state index contributed by atoms with van der Waals surface area (Å²) in [7, 11) is 0. The van der Waals surface area contributed by atoms with Crippen LogP contribution >= 0.6 is 0 Å². The molecule has 2 N–H and O–H groups in total. The monoisotopic (exact) mass is 357 g/mol. The Morgan fingerprint density at radius 3 is 1.70 bits per heavy atom. The highest BCUT2D eigenvalue weighted by atomic mass is 16.4. The lowest BCUT2D eigenvalue weighted by Crippen LogP contribution is -2.21. The third kappa shape index (κ3) is 4.30. The number of allylic oxidation sites excluding steroid dienone is 1. The number of benzene rings is 3. The molecule has 4 nitrogen and oxygen atoms in total. The number of carbonyl (C=O) groups is 2. The largest absolute Gasteiger partial charge is 0.474 e. The van der Waals surface area contributed by atoms with Gasteiger partial charge in [0.15, 0.2) is 0 Å². The number of amides is 1. The first-order chi connectivity index (χ1) is 13.1. The van der Waals surface area contributed by atoms with Crippen LogP contribution in [0.3, 0.4) is 0 Å². The fourth-order valence-corrected chi connectivity index (χ4v) is 2.94. The summed E-state index contributed by atoms with van der Waals surface area (Å²) in [5.41, 5.74) is 5.84. The summed E-state index contributed by atoms with van der Waals surface area (Å²) >= 11 is 0. The Bertz CT molecular complexity index is 975. The first kappa shape index (κ1) is 18.1. The summed E-state index contributed by atoms with van der Waals surface area (Å²) in [6.45, 7) is 2.08. The van der Waals surface area contributed by atoms with Crippen molar-refractivity contribution in [3.8, 4) is 0 Å². The van der Waals surface area contributed by atoms with E-state index < -0.39 is 11.9 Å². The molecule has 0 saturated carbocycles. The van der Waals surface area contributed by atoms with E-state index in [1.54, 1.807) is 12.1 Å². The lowest BCUT2D eigenvalue weighted by atomic mass is 9.90. The Balaban J connectivity index is 2.04. The summed E-state index contributed by atoms with van der Waals surface area (Å²) in [6, 6.07) is 27.4. The lowest BCUT2D eigenvalue weighted by Gasteiger charge is -2.15. The number of hydrogen-bond donors (Lipinski definition) is 2. The van der Waals surface area contributed by atoms with Gasteiger partial charge in [0.05, 0.1) is 0 Å². The zero-order chi connectivity index (χ0) is 19.2. The maximum atomic E-state index is 11.3. The van der Waals surface area contributed by atoms with E-state index in [0.717, 1.165) is 27.8 Å². The van der Waals surface area contributed by atoms with Crippen molar-refractivity contribution in [2.75, 3.05) is 5.32 Å². The maximum absolute atomic E-state index is 11.3. The molecule has 0 aromatic heterocycles. The minimum atomic E-state index is -1.51. The van der Waals surface area contributed by atoms with E-state index in [4.69, 9.17) is 5.11 Å². The zero-order valence-corrected chi connectivity index (χ0v) is 14.8. The molecule has 0 spiro atoms. The number of anilines is 1. The molecule has 0 aliphatic rings. The molecule has 3 rings (SSSR count). The number of carboxylic acid groups (broad SMARTS) is 1.